The Kier molecular flexibility index (Phi) is 4.79. The molecule has 1 fully saturated rings. The fourth-order valence-corrected chi connectivity index (χ4v) is 2.99. The Bertz CT molecular complexity index is 866. The molecule has 1 aliphatic rings. The fourth-order valence-electron chi connectivity index (χ4n) is 2.99. The van der Waals surface area contributed by atoms with E-state index in [1.165, 1.54) is 6.07 Å². The Morgan fingerprint density at radius 3 is 2.76 bits per heavy atom. The molecule has 0 saturated carbocycles. The van der Waals surface area contributed by atoms with E-state index in [-0.39, 0.29) is 18.3 Å². The summed E-state index contributed by atoms with van der Waals surface area (Å²) in [5, 5.41) is 4.10. The van der Waals surface area contributed by atoms with Gasteiger partial charge in [0, 0.05) is 38.0 Å². The quantitative estimate of drug-likeness (QED) is 0.804. The van der Waals surface area contributed by atoms with E-state index in [1.807, 2.05) is 32.3 Å². The van der Waals surface area contributed by atoms with Crippen LogP contribution in [0.4, 0.5) is 4.39 Å². The maximum Gasteiger partial charge on any atom is 0.256 e. The molecule has 0 unspecified atom stereocenters. The highest BCUT2D eigenvalue weighted by molar-refractivity contribution is 6.27. The van der Waals surface area contributed by atoms with Gasteiger partial charge in [0.15, 0.2) is 0 Å². The Morgan fingerprint density at radius 2 is 2.16 bits per heavy atom. The van der Waals surface area contributed by atoms with Crippen LogP contribution in [0.3, 0.4) is 0 Å². The average Bonchev–Trinajstić information content (AvgIpc) is 3.15. The molecule has 25 heavy (non-hydrogen) atoms. The molecule has 0 atom stereocenters. The number of hydrogen-bond donors (Lipinski definition) is 0. The predicted molar refractivity (Wildman–Crippen MR) is 95.8 cm³/mol. The zero-order valence-corrected chi connectivity index (χ0v) is 14.7. The first-order valence-corrected chi connectivity index (χ1v) is 8.26. The molecule has 1 aromatic heterocycles. The molecule has 1 aliphatic heterocycles. The van der Waals surface area contributed by atoms with E-state index < -0.39 is 0 Å². The van der Waals surface area contributed by atoms with Crippen LogP contribution in [0.25, 0.3) is 11.1 Å². The van der Waals surface area contributed by atoms with Crippen molar-refractivity contribution >= 4 is 11.6 Å². The van der Waals surface area contributed by atoms with E-state index in [0.29, 0.717) is 17.7 Å². The third kappa shape index (κ3) is 3.38. The van der Waals surface area contributed by atoms with Crippen LogP contribution in [-0.4, -0.2) is 39.9 Å². The minimum Gasteiger partial charge on any atom is -0.328 e. The third-order valence-corrected chi connectivity index (χ3v) is 4.30. The molecule has 1 amide bonds. The van der Waals surface area contributed by atoms with Gasteiger partial charge in [-0.05, 0) is 18.1 Å². The number of aliphatic imine (C=N–C) groups is 1. The van der Waals surface area contributed by atoms with Crippen LogP contribution in [0.2, 0.25) is 0 Å². The van der Waals surface area contributed by atoms with E-state index in [9.17, 15) is 9.18 Å². The van der Waals surface area contributed by atoms with Crippen molar-refractivity contribution in [3.8, 4) is 11.1 Å². The number of nitrogens with zero attached hydrogens (tertiary/aromatic N) is 4. The summed E-state index contributed by atoms with van der Waals surface area (Å²) >= 11 is 0. The van der Waals surface area contributed by atoms with Crippen LogP contribution in [0.5, 0.6) is 0 Å². The SMILES string of the molecule is CCC=C1C(=O)N(Cc2ccc(-c3cnn(C)c3)cc2F)CC1=NC. The first-order valence-electron chi connectivity index (χ1n) is 8.26. The van der Waals surface area contributed by atoms with E-state index >= 15 is 0 Å². The number of aromatic nitrogens is 2. The molecular weight excluding hydrogens is 319 g/mol. The molecule has 1 saturated heterocycles. The highest BCUT2D eigenvalue weighted by Crippen LogP contribution is 2.24. The van der Waals surface area contributed by atoms with Crippen LogP contribution in [0.1, 0.15) is 18.9 Å². The van der Waals surface area contributed by atoms with E-state index in [0.717, 1.165) is 23.3 Å². The minimum atomic E-state index is -0.322. The van der Waals surface area contributed by atoms with Gasteiger partial charge in [-0.1, -0.05) is 25.1 Å². The first-order chi connectivity index (χ1) is 12.0. The number of amides is 1. The van der Waals surface area contributed by atoms with Gasteiger partial charge in [0.05, 0.1) is 24.0 Å². The topological polar surface area (TPSA) is 50.5 Å². The van der Waals surface area contributed by atoms with Crippen LogP contribution < -0.4 is 0 Å². The van der Waals surface area contributed by atoms with Crippen LogP contribution >= 0.6 is 0 Å². The van der Waals surface area contributed by atoms with Gasteiger partial charge in [-0.3, -0.25) is 14.5 Å². The second-order valence-corrected chi connectivity index (χ2v) is 6.07. The third-order valence-electron chi connectivity index (χ3n) is 4.30. The van der Waals surface area contributed by atoms with E-state index in [2.05, 4.69) is 10.1 Å². The molecule has 5 nitrogen and oxygen atoms in total. The van der Waals surface area contributed by atoms with Crippen molar-refractivity contribution in [3.05, 3.63) is 53.6 Å². The number of carbonyl (C=O) groups excluding carboxylic acids is 1. The lowest BCUT2D eigenvalue weighted by Gasteiger charge is -2.15. The number of benzene rings is 1. The molecule has 1 aromatic carbocycles. The fraction of sp³-hybridized carbons (Fsp3) is 0.316. The van der Waals surface area contributed by atoms with E-state index in [1.54, 1.807) is 28.9 Å². The standard InChI is InChI=1S/C19H21FN4O/c1-4-5-16-18(21-2)12-24(19(16)25)11-14-7-6-13(8-17(14)20)15-9-22-23(3)10-15/h5-10H,4,11-12H2,1-3H3. The molecule has 3 rings (SSSR count). The molecular formula is C19H21FN4O. The van der Waals surface area contributed by atoms with Gasteiger partial charge in [0.25, 0.3) is 5.91 Å². The number of aryl methyl sites for hydroxylation is 1. The minimum absolute atomic E-state index is 0.0850. The van der Waals surface area contributed by atoms with Gasteiger partial charge in [-0.15, -0.1) is 0 Å². The van der Waals surface area contributed by atoms with Gasteiger partial charge < -0.3 is 4.90 Å². The number of hydrogen-bond acceptors (Lipinski definition) is 3. The largest absolute Gasteiger partial charge is 0.328 e. The number of allylic oxidation sites excluding steroid dienone is 1. The van der Waals surface area contributed by atoms with Gasteiger partial charge in [-0.2, -0.15) is 5.10 Å². The predicted octanol–water partition coefficient (Wildman–Crippen LogP) is 2.98. The molecule has 2 heterocycles. The lowest BCUT2D eigenvalue weighted by Crippen LogP contribution is -2.25. The van der Waals surface area contributed by atoms with Crippen molar-refractivity contribution in [1.29, 1.82) is 0 Å². The zero-order chi connectivity index (χ0) is 18.0. The van der Waals surface area contributed by atoms with Crippen molar-refractivity contribution < 1.29 is 9.18 Å². The summed E-state index contributed by atoms with van der Waals surface area (Å²) in [5.41, 5.74) is 3.52. The Hall–Kier alpha value is -2.76. The zero-order valence-electron chi connectivity index (χ0n) is 14.7. The van der Waals surface area contributed by atoms with E-state index in [4.69, 9.17) is 0 Å². The second-order valence-electron chi connectivity index (χ2n) is 6.07. The normalized spacial score (nSPS) is 17.9. The smallest absolute Gasteiger partial charge is 0.256 e. The number of halogens is 1. The molecule has 6 heteroatoms. The maximum absolute atomic E-state index is 14.5. The Labute approximate surface area is 146 Å². The van der Waals surface area contributed by atoms with Crippen molar-refractivity contribution in [1.82, 2.24) is 14.7 Å². The summed E-state index contributed by atoms with van der Waals surface area (Å²) in [5.74, 6) is -0.407. The van der Waals surface area contributed by atoms with Crippen molar-refractivity contribution in [3.63, 3.8) is 0 Å². The van der Waals surface area contributed by atoms with Gasteiger partial charge >= 0.3 is 0 Å². The summed E-state index contributed by atoms with van der Waals surface area (Å²) in [4.78, 5) is 18.3. The van der Waals surface area contributed by atoms with Crippen LogP contribution in [0.15, 0.2) is 47.2 Å². The van der Waals surface area contributed by atoms with Gasteiger partial charge in [0.1, 0.15) is 5.82 Å². The highest BCUT2D eigenvalue weighted by Gasteiger charge is 2.31. The molecule has 0 bridgehead atoms. The Morgan fingerprint density at radius 1 is 1.36 bits per heavy atom. The summed E-state index contributed by atoms with van der Waals surface area (Å²) in [6, 6.07) is 5.08. The summed E-state index contributed by atoms with van der Waals surface area (Å²) < 4.78 is 16.2. The maximum atomic E-state index is 14.5. The number of rotatable bonds is 4. The molecule has 0 N–H and O–H groups in total. The summed E-state index contributed by atoms with van der Waals surface area (Å²) in [6.07, 6.45) is 6.18. The lowest BCUT2D eigenvalue weighted by molar-refractivity contribution is -0.125. The van der Waals surface area contributed by atoms with Gasteiger partial charge in [0.2, 0.25) is 0 Å². The number of carbonyl (C=O) groups is 1. The molecule has 0 spiro atoms. The summed E-state index contributed by atoms with van der Waals surface area (Å²) in [6.45, 7) is 2.63. The molecule has 2 aromatic rings. The second kappa shape index (κ2) is 7.01. The summed E-state index contributed by atoms with van der Waals surface area (Å²) in [7, 11) is 3.50. The first kappa shape index (κ1) is 17.1. The van der Waals surface area contributed by atoms with Crippen molar-refractivity contribution in [2.45, 2.75) is 19.9 Å². The lowest BCUT2D eigenvalue weighted by atomic mass is 10.1. The van der Waals surface area contributed by atoms with Crippen molar-refractivity contribution in [2.24, 2.45) is 12.0 Å². The molecule has 0 radical (unpaired) electrons. The monoisotopic (exact) mass is 340 g/mol. The van der Waals surface area contributed by atoms with Gasteiger partial charge in [-0.25, -0.2) is 4.39 Å². The van der Waals surface area contributed by atoms with Crippen molar-refractivity contribution in [2.75, 3.05) is 13.6 Å². The number of likely N-dealkylation sites (tertiary alicyclic amines) is 1. The average molecular weight is 340 g/mol. The van der Waals surface area contributed by atoms with Crippen LogP contribution in [0, 0.1) is 5.82 Å². The molecule has 130 valence electrons. The Balaban J connectivity index is 1.82. The van der Waals surface area contributed by atoms with Crippen LogP contribution in [-0.2, 0) is 18.4 Å². The molecule has 0 aliphatic carbocycles. The highest BCUT2D eigenvalue weighted by atomic mass is 19.1.